The first-order valence-electron chi connectivity index (χ1n) is 5.90. The molecule has 0 aromatic heterocycles. The highest BCUT2D eigenvalue weighted by Crippen LogP contribution is 2.43. The highest BCUT2D eigenvalue weighted by molar-refractivity contribution is 5.31. The van der Waals surface area contributed by atoms with E-state index in [4.69, 9.17) is 5.73 Å². The average Bonchev–Trinajstić information content (AvgIpc) is 2.96. The second kappa shape index (κ2) is 3.57. The van der Waals surface area contributed by atoms with Gasteiger partial charge in [0.2, 0.25) is 0 Å². The highest BCUT2D eigenvalue weighted by Gasteiger charge is 2.45. The lowest BCUT2D eigenvalue weighted by Gasteiger charge is -2.22. The molecule has 3 N–H and O–H groups in total. The smallest absolute Gasteiger partial charge is 0.0969 e. The lowest BCUT2D eigenvalue weighted by molar-refractivity contribution is 0.136. The lowest BCUT2D eigenvalue weighted by atomic mass is 9.86. The van der Waals surface area contributed by atoms with Crippen LogP contribution in [0.1, 0.15) is 50.8 Å². The van der Waals surface area contributed by atoms with E-state index in [0.717, 1.165) is 18.4 Å². The number of rotatable bonds is 2. The van der Waals surface area contributed by atoms with Gasteiger partial charge < -0.3 is 10.8 Å². The molecular formula is C14H21NO. The molecule has 1 aromatic rings. The van der Waals surface area contributed by atoms with Crippen LogP contribution in [0.5, 0.6) is 0 Å². The van der Waals surface area contributed by atoms with E-state index in [1.807, 2.05) is 12.1 Å². The van der Waals surface area contributed by atoms with Gasteiger partial charge in [-0.15, -0.1) is 0 Å². The molecule has 0 spiro atoms. The van der Waals surface area contributed by atoms with Crippen molar-refractivity contribution in [1.82, 2.24) is 0 Å². The van der Waals surface area contributed by atoms with Crippen molar-refractivity contribution >= 4 is 0 Å². The fraction of sp³-hybridized carbons (Fsp3) is 0.571. The molecule has 1 unspecified atom stereocenters. The molecule has 88 valence electrons. The summed E-state index contributed by atoms with van der Waals surface area (Å²) in [6.07, 6.45) is 1.34. The summed E-state index contributed by atoms with van der Waals surface area (Å²) in [4.78, 5) is 0. The van der Waals surface area contributed by atoms with Gasteiger partial charge in [-0.3, -0.25) is 0 Å². The molecule has 1 aliphatic carbocycles. The van der Waals surface area contributed by atoms with Gasteiger partial charge in [-0.2, -0.15) is 0 Å². The van der Waals surface area contributed by atoms with E-state index in [1.165, 1.54) is 5.56 Å². The Morgan fingerprint density at radius 1 is 1.19 bits per heavy atom. The quantitative estimate of drug-likeness (QED) is 0.802. The summed E-state index contributed by atoms with van der Waals surface area (Å²) in [5, 5.41) is 10.1. The monoisotopic (exact) mass is 219 g/mol. The minimum absolute atomic E-state index is 0.156. The SMILES string of the molecule is CC(C)(C)c1ccc(C(O)C2(N)CC2)cc1. The summed E-state index contributed by atoms with van der Waals surface area (Å²) in [6, 6.07) is 8.17. The maximum absolute atomic E-state index is 10.1. The van der Waals surface area contributed by atoms with Crippen molar-refractivity contribution in [2.24, 2.45) is 5.73 Å². The van der Waals surface area contributed by atoms with E-state index in [-0.39, 0.29) is 11.0 Å². The van der Waals surface area contributed by atoms with E-state index < -0.39 is 6.10 Å². The van der Waals surface area contributed by atoms with Crippen LogP contribution in [-0.2, 0) is 5.41 Å². The Hall–Kier alpha value is -0.860. The standard InChI is InChI=1S/C14H21NO/c1-13(2,3)11-6-4-10(5-7-11)12(16)14(15)8-9-14/h4-7,12,16H,8-9,15H2,1-3H3. The molecular weight excluding hydrogens is 198 g/mol. The Labute approximate surface area is 97.5 Å². The number of hydrogen-bond acceptors (Lipinski definition) is 2. The van der Waals surface area contributed by atoms with E-state index >= 15 is 0 Å². The molecule has 1 saturated carbocycles. The first-order chi connectivity index (χ1) is 7.33. The van der Waals surface area contributed by atoms with Gasteiger partial charge in [0.15, 0.2) is 0 Å². The first-order valence-corrected chi connectivity index (χ1v) is 5.90. The normalized spacial score (nSPS) is 20.6. The predicted molar refractivity (Wildman–Crippen MR) is 66.3 cm³/mol. The second-order valence-corrected chi connectivity index (χ2v) is 6.01. The van der Waals surface area contributed by atoms with Gasteiger partial charge in [0.1, 0.15) is 0 Å². The topological polar surface area (TPSA) is 46.2 Å². The van der Waals surface area contributed by atoms with Crippen LogP contribution < -0.4 is 5.73 Å². The van der Waals surface area contributed by atoms with Gasteiger partial charge in [0, 0.05) is 5.54 Å². The molecule has 1 aromatic carbocycles. The van der Waals surface area contributed by atoms with Crippen LogP contribution in [0.3, 0.4) is 0 Å². The molecule has 0 aliphatic heterocycles. The van der Waals surface area contributed by atoms with Crippen LogP contribution in [0.2, 0.25) is 0 Å². The Balaban J connectivity index is 2.19. The Morgan fingerprint density at radius 3 is 2.06 bits per heavy atom. The zero-order chi connectivity index (χ0) is 12.0. The summed E-state index contributed by atoms with van der Waals surface area (Å²) in [5.74, 6) is 0. The number of aliphatic hydroxyl groups excluding tert-OH is 1. The fourth-order valence-corrected chi connectivity index (χ4v) is 1.92. The fourth-order valence-electron chi connectivity index (χ4n) is 1.92. The zero-order valence-corrected chi connectivity index (χ0v) is 10.3. The number of aliphatic hydroxyl groups is 1. The van der Waals surface area contributed by atoms with E-state index in [0.29, 0.717) is 0 Å². The van der Waals surface area contributed by atoms with Crippen LogP contribution in [0.4, 0.5) is 0 Å². The molecule has 2 nitrogen and oxygen atoms in total. The maximum atomic E-state index is 10.1. The second-order valence-electron chi connectivity index (χ2n) is 6.01. The van der Waals surface area contributed by atoms with Crippen molar-refractivity contribution in [1.29, 1.82) is 0 Å². The predicted octanol–water partition coefficient (Wildman–Crippen LogP) is 2.51. The third kappa shape index (κ3) is 2.13. The average molecular weight is 219 g/mol. The number of hydrogen-bond donors (Lipinski definition) is 2. The van der Waals surface area contributed by atoms with Crippen LogP contribution >= 0.6 is 0 Å². The van der Waals surface area contributed by atoms with Gasteiger partial charge in [-0.25, -0.2) is 0 Å². The van der Waals surface area contributed by atoms with Crippen LogP contribution in [0.25, 0.3) is 0 Å². The van der Waals surface area contributed by atoms with Crippen LogP contribution in [0, 0.1) is 0 Å². The highest BCUT2D eigenvalue weighted by atomic mass is 16.3. The molecule has 2 heteroatoms. The summed E-state index contributed by atoms with van der Waals surface area (Å²) >= 11 is 0. The number of benzene rings is 1. The van der Waals surface area contributed by atoms with Crippen molar-refractivity contribution in [3.63, 3.8) is 0 Å². The molecule has 1 fully saturated rings. The molecule has 1 aliphatic rings. The van der Waals surface area contributed by atoms with Gasteiger partial charge >= 0.3 is 0 Å². The Bertz CT molecular complexity index is 371. The molecule has 0 bridgehead atoms. The van der Waals surface area contributed by atoms with Crippen molar-refractivity contribution in [2.75, 3.05) is 0 Å². The Kier molecular flexibility index (Phi) is 2.59. The summed E-state index contributed by atoms with van der Waals surface area (Å²) in [7, 11) is 0. The van der Waals surface area contributed by atoms with E-state index in [1.54, 1.807) is 0 Å². The largest absolute Gasteiger partial charge is 0.386 e. The summed E-state index contributed by atoms with van der Waals surface area (Å²) in [6.45, 7) is 6.55. The molecule has 0 amide bonds. The van der Waals surface area contributed by atoms with Crippen molar-refractivity contribution < 1.29 is 5.11 Å². The van der Waals surface area contributed by atoms with Crippen LogP contribution in [0.15, 0.2) is 24.3 Å². The van der Waals surface area contributed by atoms with Crippen LogP contribution in [-0.4, -0.2) is 10.6 Å². The van der Waals surface area contributed by atoms with E-state index in [9.17, 15) is 5.11 Å². The molecule has 0 saturated heterocycles. The zero-order valence-electron chi connectivity index (χ0n) is 10.3. The van der Waals surface area contributed by atoms with Crippen molar-refractivity contribution in [3.05, 3.63) is 35.4 Å². The molecule has 16 heavy (non-hydrogen) atoms. The van der Waals surface area contributed by atoms with Gasteiger partial charge in [0.25, 0.3) is 0 Å². The lowest BCUT2D eigenvalue weighted by Crippen LogP contribution is -2.30. The van der Waals surface area contributed by atoms with Gasteiger partial charge in [-0.05, 0) is 29.4 Å². The molecule has 0 radical (unpaired) electrons. The van der Waals surface area contributed by atoms with Crippen molar-refractivity contribution in [3.8, 4) is 0 Å². The summed E-state index contributed by atoms with van der Waals surface area (Å²) in [5.41, 5.74) is 8.01. The third-order valence-electron chi connectivity index (χ3n) is 3.46. The Morgan fingerprint density at radius 2 is 1.69 bits per heavy atom. The van der Waals surface area contributed by atoms with Gasteiger partial charge in [0.05, 0.1) is 6.10 Å². The van der Waals surface area contributed by atoms with Gasteiger partial charge in [-0.1, -0.05) is 45.0 Å². The third-order valence-corrected chi connectivity index (χ3v) is 3.46. The molecule has 2 rings (SSSR count). The minimum atomic E-state index is -0.512. The summed E-state index contributed by atoms with van der Waals surface area (Å²) < 4.78 is 0. The van der Waals surface area contributed by atoms with Crippen molar-refractivity contribution in [2.45, 2.75) is 50.7 Å². The maximum Gasteiger partial charge on any atom is 0.0969 e. The first kappa shape index (κ1) is 11.6. The molecule has 0 heterocycles. The number of nitrogens with two attached hydrogens (primary N) is 1. The van der Waals surface area contributed by atoms with E-state index in [2.05, 4.69) is 32.9 Å². The minimum Gasteiger partial charge on any atom is -0.386 e. The molecule has 1 atom stereocenters.